The first kappa shape index (κ1) is 24.2. The van der Waals surface area contributed by atoms with E-state index in [2.05, 4.69) is 0 Å². The lowest BCUT2D eigenvalue weighted by atomic mass is 10.1. The third-order valence-corrected chi connectivity index (χ3v) is 1.79. The summed E-state index contributed by atoms with van der Waals surface area (Å²) in [6, 6.07) is -0.795. The lowest BCUT2D eigenvalue weighted by Crippen LogP contribution is -2.38. The minimum Gasteiger partial charge on any atom is -0.460 e. The van der Waals surface area contributed by atoms with Crippen molar-refractivity contribution in [3.63, 3.8) is 0 Å². The fourth-order valence-electron chi connectivity index (χ4n) is 1.16. The zero-order valence-corrected chi connectivity index (χ0v) is 13.9. The van der Waals surface area contributed by atoms with Crippen LogP contribution >= 0.6 is 12.4 Å². The summed E-state index contributed by atoms with van der Waals surface area (Å²) in [4.78, 5) is 23.0. The second-order valence-corrected chi connectivity index (χ2v) is 6.27. The predicted molar refractivity (Wildman–Crippen MR) is 79.8 cm³/mol. The molecule has 0 aromatic heterocycles. The normalized spacial score (nSPS) is 12.6. The molecule has 0 heterocycles. The number of hydrogen-bond donors (Lipinski definition) is 1. The van der Waals surface area contributed by atoms with E-state index in [1.54, 1.807) is 41.5 Å². The predicted octanol–water partition coefficient (Wildman–Crippen LogP) is 1.37. The smallest absolute Gasteiger partial charge is 0.323 e. The Hall–Kier alpha value is -0.850. The lowest BCUT2D eigenvalue weighted by molar-refractivity contribution is -0.157. The van der Waals surface area contributed by atoms with Crippen molar-refractivity contribution in [3.8, 4) is 0 Å². The van der Waals surface area contributed by atoms with E-state index < -0.39 is 23.2 Å². The van der Waals surface area contributed by atoms with Crippen molar-refractivity contribution in [3.05, 3.63) is 0 Å². The van der Waals surface area contributed by atoms with E-state index in [1.807, 2.05) is 0 Å². The molecule has 0 aliphatic carbocycles. The van der Waals surface area contributed by atoms with Gasteiger partial charge in [0, 0.05) is 6.42 Å². The number of halogens is 1. The molecule has 0 bridgehead atoms. The average Bonchev–Trinajstić information content (AvgIpc) is 2.08. The SMILES string of the molecule is CC(C)(C)OC(=O)CC[C@H](N)C(=O)OC(C)(C)C.Cl.O. The van der Waals surface area contributed by atoms with E-state index in [1.165, 1.54) is 0 Å². The van der Waals surface area contributed by atoms with Gasteiger partial charge in [-0.3, -0.25) is 9.59 Å². The molecule has 0 aliphatic heterocycles. The molecule has 0 fully saturated rings. The quantitative estimate of drug-likeness (QED) is 0.788. The number of esters is 2. The molecule has 6 nitrogen and oxygen atoms in total. The fourth-order valence-corrected chi connectivity index (χ4v) is 1.16. The van der Waals surface area contributed by atoms with E-state index in [0.29, 0.717) is 0 Å². The molecule has 0 spiro atoms. The van der Waals surface area contributed by atoms with Crippen molar-refractivity contribution in [2.45, 2.75) is 71.6 Å². The van der Waals surface area contributed by atoms with Gasteiger partial charge in [-0.05, 0) is 48.0 Å². The van der Waals surface area contributed by atoms with Crippen LogP contribution in [0.1, 0.15) is 54.4 Å². The van der Waals surface area contributed by atoms with Crippen LogP contribution < -0.4 is 5.73 Å². The van der Waals surface area contributed by atoms with Gasteiger partial charge in [-0.25, -0.2) is 0 Å². The molecule has 0 aromatic rings. The topological polar surface area (TPSA) is 110 Å². The van der Waals surface area contributed by atoms with Crippen molar-refractivity contribution < 1.29 is 24.5 Å². The Morgan fingerprint density at radius 3 is 1.75 bits per heavy atom. The number of rotatable bonds is 4. The Morgan fingerprint density at radius 1 is 1.00 bits per heavy atom. The first-order valence-electron chi connectivity index (χ1n) is 6.11. The van der Waals surface area contributed by atoms with Gasteiger partial charge < -0.3 is 20.7 Å². The second-order valence-electron chi connectivity index (χ2n) is 6.27. The van der Waals surface area contributed by atoms with E-state index >= 15 is 0 Å². The standard InChI is InChI=1S/C13H25NO4.ClH.H2O/c1-12(2,3)17-10(15)8-7-9(14)11(16)18-13(4,5)6;;/h9H,7-8,14H2,1-6H3;1H;1H2/t9-;;/m0../s1. The number of ether oxygens (including phenoxy) is 2. The third kappa shape index (κ3) is 13.6. The van der Waals surface area contributed by atoms with E-state index in [0.717, 1.165) is 0 Å². The maximum Gasteiger partial charge on any atom is 0.323 e. The molecule has 0 unspecified atom stereocenters. The third-order valence-electron chi connectivity index (χ3n) is 1.79. The summed E-state index contributed by atoms with van der Waals surface area (Å²) in [5.74, 6) is -0.854. The molecular weight excluding hydrogens is 286 g/mol. The van der Waals surface area contributed by atoms with E-state index in [9.17, 15) is 9.59 Å². The average molecular weight is 314 g/mol. The number of hydrogen-bond acceptors (Lipinski definition) is 5. The van der Waals surface area contributed by atoms with Crippen molar-refractivity contribution in [1.29, 1.82) is 0 Å². The Labute approximate surface area is 127 Å². The summed E-state index contributed by atoms with van der Waals surface area (Å²) in [6.45, 7) is 10.7. The molecule has 1 atom stereocenters. The summed E-state index contributed by atoms with van der Waals surface area (Å²) in [5.41, 5.74) is 4.56. The van der Waals surface area contributed by atoms with Gasteiger partial charge in [0.2, 0.25) is 0 Å². The first-order valence-corrected chi connectivity index (χ1v) is 6.11. The molecule has 4 N–H and O–H groups in total. The molecule has 20 heavy (non-hydrogen) atoms. The zero-order chi connectivity index (χ0) is 14.6. The molecule has 0 rings (SSSR count). The highest BCUT2D eigenvalue weighted by Gasteiger charge is 2.24. The lowest BCUT2D eigenvalue weighted by Gasteiger charge is -2.22. The van der Waals surface area contributed by atoms with Crippen molar-refractivity contribution in [2.24, 2.45) is 5.73 Å². The van der Waals surface area contributed by atoms with Gasteiger partial charge in [0.05, 0.1) is 0 Å². The van der Waals surface area contributed by atoms with Crippen LogP contribution in [0.25, 0.3) is 0 Å². The Bertz CT molecular complexity index is 307. The monoisotopic (exact) mass is 313 g/mol. The van der Waals surface area contributed by atoms with Crippen LogP contribution in [0, 0.1) is 0 Å². The van der Waals surface area contributed by atoms with Crippen molar-refractivity contribution in [2.75, 3.05) is 0 Å². The summed E-state index contributed by atoms with van der Waals surface area (Å²) in [7, 11) is 0. The van der Waals surface area contributed by atoms with Crippen LogP contribution in [0.3, 0.4) is 0 Å². The first-order chi connectivity index (χ1) is 7.91. The van der Waals surface area contributed by atoms with Crippen LogP contribution in [0.2, 0.25) is 0 Å². The van der Waals surface area contributed by atoms with Crippen LogP contribution in [0.15, 0.2) is 0 Å². The Balaban J connectivity index is -0.00000144. The van der Waals surface area contributed by atoms with Crippen LogP contribution in [0.5, 0.6) is 0 Å². The van der Waals surface area contributed by atoms with Crippen LogP contribution in [-0.2, 0) is 19.1 Å². The van der Waals surface area contributed by atoms with Gasteiger partial charge in [0.25, 0.3) is 0 Å². The number of carbonyl (C=O) groups is 2. The molecule has 0 saturated carbocycles. The minimum absolute atomic E-state index is 0. The van der Waals surface area contributed by atoms with E-state index in [4.69, 9.17) is 15.2 Å². The summed E-state index contributed by atoms with van der Waals surface area (Å²) in [5, 5.41) is 0. The summed E-state index contributed by atoms with van der Waals surface area (Å²) < 4.78 is 10.2. The summed E-state index contributed by atoms with van der Waals surface area (Å²) >= 11 is 0. The van der Waals surface area contributed by atoms with Crippen molar-refractivity contribution in [1.82, 2.24) is 0 Å². The highest BCUT2D eigenvalue weighted by Crippen LogP contribution is 2.12. The van der Waals surface area contributed by atoms with Gasteiger partial charge in [0.15, 0.2) is 0 Å². The zero-order valence-electron chi connectivity index (χ0n) is 13.1. The molecule has 0 amide bonds. The number of nitrogens with two attached hydrogens (primary N) is 1. The minimum atomic E-state index is -0.795. The number of carbonyl (C=O) groups excluding carboxylic acids is 2. The largest absolute Gasteiger partial charge is 0.460 e. The highest BCUT2D eigenvalue weighted by atomic mass is 35.5. The van der Waals surface area contributed by atoms with Gasteiger partial charge >= 0.3 is 11.9 Å². The fraction of sp³-hybridized carbons (Fsp3) is 0.846. The Morgan fingerprint density at radius 2 is 1.40 bits per heavy atom. The summed E-state index contributed by atoms with van der Waals surface area (Å²) in [6.07, 6.45) is 0.335. The highest BCUT2D eigenvalue weighted by molar-refractivity contribution is 5.85. The Kier molecular flexibility index (Phi) is 11.1. The molecule has 122 valence electrons. The molecule has 7 heteroatoms. The molecule has 0 aromatic carbocycles. The molecule has 0 saturated heterocycles. The second kappa shape index (κ2) is 9.15. The maximum absolute atomic E-state index is 11.6. The van der Waals surface area contributed by atoms with Gasteiger partial charge in [-0.2, -0.15) is 0 Å². The van der Waals surface area contributed by atoms with Gasteiger partial charge in [-0.15, -0.1) is 12.4 Å². The van der Waals surface area contributed by atoms with Gasteiger partial charge in [0.1, 0.15) is 17.2 Å². The molecular formula is C13H28ClNO5. The van der Waals surface area contributed by atoms with Gasteiger partial charge in [-0.1, -0.05) is 0 Å². The van der Waals surface area contributed by atoms with Crippen LogP contribution in [0.4, 0.5) is 0 Å². The molecule has 0 radical (unpaired) electrons. The van der Waals surface area contributed by atoms with Crippen LogP contribution in [-0.4, -0.2) is 34.7 Å². The van der Waals surface area contributed by atoms with E-state index in [-0.39, 0.29) is 36.7 Å². The maximum atomic E-state index is 11.6. The van der Waals surface area contributed by atoms with Crippen molar-refractivity contribution >= 4 is 24.3 Å². The molecule has 0 aliphatic rings.